The lowest BCUT2D eigenvalue weighted by atomic mass is 9.94. The summed E-state index contributed by atoms with van der Waals surface area (Å²) in [5.41, 5.74) is 6.30. The summed E-state index contributed by atoms with van der Waals surface area (Å²) in [4.78, 5) is 0. The zero-order valence-corrected chi connectivity index (χ0v) is 14.6. The SMILES string of the molecule is COc1cccc(-c2cc3c(c(NC4CCNCC4)c2)CNC=C3)c1. The van der Waals surface area contributed by atoms with E-state index in [1.54, 1.807) is 7.11 Å². The van der Waals surface area contributed by atoms with Gasteiger partial charge in [0.05, 0.1) is 7.11 Å². The largest absolute Gasteiger partial charge is 0.497 e. The summed E-state index contributed by atoms with van der Waals surface area (Å²) in [6, 6.07) is 13.4. The average molecular weight is 335 g/mol. The Morgan fingerprint density at radius 2 is 1.96 bits per heavy atom. The number of nitrogens with one attached hydrogen (secondary N) is 3. The predicted molar refractivity (Wildman–Crippen MR) is 104 cm³/mol. The molecule has 4 heteroatoms. The van der Waals surface area contributed by atoms with Gasteiger partial charge in [-0.3, -0.25) is 0 Å². The Hall–Kier alpha value is -2.46. The molecule has 0 saturated carbocycles. The number of anilines is 1. The lowest BCUT2D eigenvalue weighted by molar-refractivity contribution is 0.415. The van der Waals surface area contributed by atoms with Gasteiger partial charge in [0.25, 0.3) is 0 Å². The molecule has 1 saturated heterocycles. The zero-order valence-electron chi connectivity index (χ0n) is 14.6. The predicted octanol–water partition coefficient (Wildman–Crippen LogP) is 3.60. The molecule has 4 rings (SSSR count). The molecule has 0 unspecified atom stereocenters. The third-order valence-electron chi connectivity index (χ3n) is 5.05. The molecule has 130 valence electrons. The highest BCUT2D eigenvalue weighted by Gasteiger charge is 2.17. The Morgan fingerprint density at radius 1 is 1.08 bits per heavy atom. The normalized spacial score (nSPS) is 16.8. The van der Waals surface area contributed by atoms with Gasteiger partial charge in [-0.15, -0.1) is 0 Å². The first-order valence-electron chi connectivity index (χ1n) is 9.02. The fraction of sp³-hybridized carbons (Fsp3) is 0.333. The van der Waals surface area contributed by atoms with Gasteiger partial charge in [-0.25, -0.2) is 0 Å². The third-order valence-corrected chi connectivity index (χ3v) is 5.05. The molecule has 3 N–H and O–H groups in total. The van der Waals surface area contributed by atoms with E-state index in [4.69, 9.17) is 4.74 Å². The fourth-order valence-electron chi connectivity index (χ4n) is 3.63. The van der Waals surface area contributed by atoms with Crippen LogP contribution in [0.15, 0.2) is 42.6 Å². The molecule has 0 amide bonds. The molecule has 0 aromatic heterocycles. The number of benzene rings is 2. The highest BCUT2D eigenvalue weighted by Crippen LogP contribution is 2.33. The van der Waals surface area contributed by atoms with E-state index in [0.717, 1.165) is 25.4 Å². The van der Waals surface area contributed by atoms with E-state index in [9.17, 15) is 0 Å². The van der Waals surface area contributed by atoms with E-state index < -0.39 is 0 Å². The second kappa shape index (κ2) is 7.19. The summed E-state index contributed by atoms with van der Waals surface area (Å²) in [6.45, 7) is 3.05. The molecule has 0 bridgehead atoms. The second-order valence-corrected chi connectivity index (χ2v) is 6.71. The number of hydrogen-bond acceptors (Lipinski definition) is 4. The smallest absolute Gasteiger partial charge is 0.119 e. The summed E-state index contributed by atoms with van der Waals surface area (Å²) in [5.74, 6) is 0.889. The first-order chi connectivity index (χ1) is 12.3. The maximum absolute atomic E-state index is 5.39. The summed E-state index contributed by atoms with van der Waals surface area (Å²) in [5, 5.41) is 10.6. The number of hydrogen-bond donors (Lipinski definition) is 3. The van der Waals surface area contributed by atoms with E-state index in [1.807, 2.05) is 18.3 Å². The van der Waals surface area contributed by atoms with Crippen molar-refractivity contribution in [2.75, 3.05) is 25.5 Å². The molecule has 1 fully saturated rings. The standard InChI is InChI=1S/C21H25N3O/c1-25-19-4-2-3-15(12-19)17-11-16-5-8-23-14-20(16)21(13-17)24-18-6-9-22-10-7-18/h2-5,8,11-13,18,22-24H,6-7,9-10,14H2,1H3. The molecule has 4 nitrogen and oxygen atoms in total. The van der Waals surface area contributed by atoms with Crippen LogP contribution in [-0.2, 0) is 6.54 Å². The minimum Gasteiger partial charge on any atom is -0.497 e. The van der Waals surface area contributed by atoms with Crippen molar-refractivity contribution in [2.24, 2.45) is 0 Å². The van der Waals surface area contributed by atoms with Gasteiger partial charge in [-0.1, -0.05) is 12.1 Å². The summed E-state index contributed by atoms with van der Waals surface area (Å²) < 4.78 is 5.39. The van der Waals surface area contributed by atoms with Crippen LogP contribution in [0.25, 0.3) is 17.2 Å². The molecule has 0 spiro atoms. The lowest BCUT2D eigenvalue weighted by Crippen LogP contribution is -2.35. The summed E-state index contributed by atoms with van der Waals surface area (Å²) >= 11 is 0. The van der Waals surface area contributed by atoms with E-state index in [1.165, 1.54) is 40.8 Å². The first kappa shape index (κ1) is 16.0. The van der Waals surface area contributed by atoms with Crippen molar-refractivity contribution >= 4 is 11.8 Å². The van der Waals surface area contributed by atoms with Crippen molar-refractivity contribution in [3.8, 4) is 16.9 Å². The maximum atomic E-state index is 5.39. The summed E-state index contributed by atoms with van der Waals surface area (Å²) in [6.07, 6.45) is 6.53. The molecule has 0 aliphatic carbocycles. The van der Waals surface area contributed by atoms with E-state index >= 15 is 0 Å². The van der Waals surface area contributed by atoms with Crippen LogP contribution >= 0.6 is 0 Å². The number of fused-ring (bicyclic) bond motifs is 1. The maximum Gasteiger partial charge on any atom is 0.119 e. The van der Waals surface area contributed by atoms with E-state index in [0.29, 0.717) is 6.04 Å². The molecule has 2 aromatic rings. The Morgan fingerprint density at radius 3 is 2.80 bits per heavy atom. The van der Waals surface area contributed by atoms with Crippen LogP contribution < -0.4 is 20.7 Å². The van der Waals surface area contributed by atoms with Gasteiger partial charge in [0.15, 0.2) is 0 Å². The number of piperidine rings is 1. The third kappa shape index (κ3) is 3.49. The second-order valence-electron chi connectivity index (χ2n) is 6.71. The molecule has 0 atom stereocenters. The van der Waals surface area contributed by atoms with Crippen LogP contribution in [0.1, 0.15) is 24.0 Å². The van der Waals surface area contributed by atoms with Crippen molar-refractivity contribution in [1.82, 2.24) is 10.6 Å². The number of methoxy groups -OCH3 is 1. The van der Waals surface area contributed by atoms with Gasteiger partial charge in [-0.2, -0.15) is 0 Å². The molecule has 2 heterocycles. The van der Waals surface area contributed by atoms with Crippen molar-refractivity contribution in [3.05, 3.63) is 53.7 Å². The van der Waals surface area contributed by atoms with Gasteiger partial charge >= 0.3 is 0 Å². The van der Waals surface area contributed by atoms with Gasteiger partial charge in [0.1, 0.15) is 5.75 Å². The lowest BCUT2D eigenvalue weighted by Gasteiger charge is -2.28. The topological polar surface area (TPSA) is 45.3 Å². The molecular weight excluding hydrogens is 310 g/mol. The van der Waals surface area contributed by atoms with Crippen molar-refractivity contribution < 1.29 is 4.74 Å². The number of ether oxygens (including phenoxy) is 1. The Labute approximate surface area is 149 Å². The molecule has 0 radical (unpaired) electrons. The van der Waals surface area contributed by atoms with Crippen LogP contribution in [0, 0.1) is 0 Å². The Kier molecular flexibility index (Phi) is 4.61. The monoisotopic (exact) mass is 335 g/mol. The van der Waals surface area contributed by atoms with Crippen LogP contribution in [0.5, 0.6) is 5.75 Å². The van der Waals surface area contributed by atoms with Crippen LogP contribution in [-0.4, -0.2) is 26.2 Å². The minimum atomic E-state index is 0.539. The van der Waals surface area contributed by atoms with E-state index in [-0.39, 0.29) is 0 Å². The molecular formula is C21H25N3O. The Bertz CT molecular complexity index is 779. The minimum absolute atomic E-state index is 0.539. The van der Waals surface area contributed by atoms with Crippen molar-refractivity contribution in [3.63, 3.8) is 0 Å². The zero-order chi connectivity index (χ0) is 17.1. The van der Waals surface area contributed by atoms with E-state index in [2.05, 4.69) is 46.3 Å². The van der Waals surface area contributed by atoms with Crippen LogP contribution in [0.4, 0.5) is 5.69 Å². The van der Waals surface area contributed by atoms with Crippen LogP contribution in [0.3, 0.4) is 0 Å². The van der Waals surface area contributed by atoms with Crippen molar-refractivity contribution in [2.45, 2.75) is 25.4 Å². The van der Waals surface area contributed by atoms with Gasteiger partial charge in [-0.05, 0) is 79.2 Å². The molecule has 2 aliphatic heterocycles. The van der Waals surface area contributed by atoms with Crippen molar-refractivity contribution in [1.29, 1.82) is 0 Å². The molecule has 2 aliphatic rings. The van der Waals surface area contributed by atoms with Gasteiger partial charge in [0.2, 0.25) is 0 Å². The quantitative estimate of drug-likeness (QED) is 0.799. The summed E-state index contributed by atoms with van der Waals surface area (Å²) in [7, 11) is 1.71. The average Bonchev–Trinajstić information content (AvgIpc) is 2.69. The first-order valence-corrected chi connectivity index (χ1v) is 9.02. The highest BCUT2D eigenvalue weighted by atomic mass is 16.5. The highest BCUT2D eigenvalue weighted by molar-refractivity contribution is 5.77. The number of rotatable bonds is 4. The van der Waals surface area contributed by atoms with Gasteiger partial charge in [0, 0.05) is 23.8 Å². The molecule has 25 heavy (non-hydrogen) atoms. The van der Waals surface area contributed by atoms with Gasteiger partial charge < -0.3 is 20.7 Å². The molecule has 2 aromatic carbocycles. The Balaban J connectivity index is 1.72. The van der Waals surface area contributed by atoms with Crippen LogP contribution in [0.2, 0.25) is 0 Å². The fourth-order valence-corrected chi connectivity index (χ4v) is 3.63.